The molecule has 0 saturated carbocycles. The molecular formula is C14H21Cl2NO. The second-order valence-corrected chi connectivity index (χ2v) is 5.06. The normalized spacial score (nSPS) is 10.7. The summed E-state index contributed by atoms with van der Waals surface area (Å²) >= 11 is 12.3. The molecule has 1 N–H and O–H groups in total. The summed E-state index contributed by atoms with van der Waals surface area (Å²) < 4.78 is 5.13. The number of aryl methyl sites for hydroxylation is 1. The van der Waals surface area contributed by atoms with Gasteiger partial charge in [0.25, 0.3) is 0 Å². The van der Waals surface area contributed by atoms with Crippen molar-refractivity contribution in [2.24, 2.45) is 0 Å². The summed E-state index contributed by atoms with van der Waals surface area (Å²) in [4.78, 5) is 0. The topological polar surface area (TPSA) is 21.3 Å². The molecule has 0 atom stereocenters. The van der Waals surface area contributed by atoms with Crippen LogP contribution in [0.3, 0.4) is 0 Å². The number of hydrogen-bond acceptors (Lipinski definition) is 2. The molecule has 0 aliphatic rings. The zero-order valence-corrected chi connectivity index (χ0v) is 12.6. The van der Waals surface area contributed by atoms with E-state index in [4.69, 9.17) is 27.9 Å². The van der Waals surface area contributed by atoms with Gasteiger partial charge in [-0.15, -0.1) is 0 Å². The number of halogens is 2. The molecule has 0 fully saturated rings. The molecule has 2 nitrogen and oxygen atoms in total. The van der Waals surface area contributed by atoms with Crippen molar-refractivity contribution >= 4 is 23.2 Å². The summed E-state index contributed by atoms with van der Waals surface area (Å²) in [6, 6.07) is 3.70. The molecule has 0 spiro atoms. The van der Waals surface area contributed by atoms with Crippen LogP contribution in [0.2, 0.25) is 10.0 Å². The van der Waals surface area contributed by atoms with E-state index < -0.39 is 0 Å². The smallest absolute Gasteiger partial charge is 0.138 e. The van der Waals surface area contributed by atoms with Crippen molar-refractivity contribution in [1.29, 1.82) is 0 Å². The molecule has 1 aromatic rings. The van der Waals surface area contributed by atoms with Gasteiger partial charge in [0.15, 0.2) is 0 Å². The predicted octanol–water partition coefficient (Wildman–Crippen LogP) is 4.32. The van der Waals surface area contributed by atoms with Crippen molar-refractivity contribution in [2.45, 2.75) is 32.6 Å². The number of unbranched alkanes of at least 4 members (excludes halogenated alkanes) is 2. The maximum atomic E-state index is 6.19. The lowest BCUT2D eigenvalue weighted by Gasteiger charge is -2.09. The van der Waals surface area contributed by atoms with Gasteiger partial charge in [0.05, 0.1) is 12.1 Å². The highest BCUT2D eigenvalue weighted by atomic mass is 35.5. The first-order valence-electron chi connectivity index (χ1n) is 6.41. The van der Waals surface area contributed by atoms with Crippen LogP contribution in [-0.4, -0.2) is 20.2 Å². The van der Waals surface area contributed by atoms with E-state index in [1.54, 1.807) is 13.2 Å². The summed E-state index contributed by atoms with van der Waals surface area (Å²) in [5, 5.41) is 4.69. The van der Waals surface area contributed by atoms with Crippen LogP contribution in [0.1, 0.15) is 31.7 Å². The second kappa shape index (κ2) is 8.63. The van der Waals surface area contributed by atoms with E-state index in [1.807, 2.05) is 6.07 Å². The van der Waals surface area contributed by atoms with Crippen molar-refractivity contribution in [3.8, 4) is 5.75 Å². The minimum atomic E-state index is 0.629. The predicted molar refractivity (Wildman–Crippen MR) is 79.1 cm³/mol. The molecule has 1 aromatic carbocycles. The van der Waals surface area contributed by atoms with Gasteiger partial charge in [-0.05, 0) is 44.0 Å². The quantitative estimate of drug-likeness (QED) is 0.720. The molecule has 0 aliphatic heterocycles. The largest absolute Gasteiger partial charge is 0.495 e. The van der Waals surface area contributed by atoms with Gasteiger partial charge in [-0.3, -0.25) is 0 Å². The van der Waals surface area contributed by atoms with Gasteiger partial charge in [0, 0.05) is 11.1 Å². The van der Waals surface area contributed by atoms with Gasteiger partial charge in [-0.2, -0.15) is 0 Å². The SMILES string of the molecule is CCNCCCCCc1cc(Cl)c(OC)cc1Cl. The molecule has 0 amide bonds. The van der Waals surface area contributed by atoms with Crippen LogP contribution in [0, 0.1) is 0 Å². The van der Waals surface area contributed by atoms with Gasteiger partial charge in [-0.25, -0.2) is 0 Å². The number of nitrogens with one attached hydrogen (secondary N) is 1. The second-order valence-electron chi connectivity index (χ2n) is 4.24. The maximum absolute atomic E-state index is 6.19. The summed E-state index contributed by atoms with van der Waals surface area (Å²) in [6.45, 7) is 4.26. The Bertz CT molecular complexity index is 369. The Kier molecular flexibility index (Phi) is 7.48. The van der Waals surface area contributed by atoms with Crippen molar-refractivity contribution in [2.75, 3.05) is 20.2 Å². The van der Waals surface area contributed by atoms with E-state index in [1.165, 1.54) is 12.8 Å². The first-order chi connectivity index (χ1) is 8.69. The molecule has 0 radical (unpaired) electrons. The molecule has 0 unspecified atom stereocenters. The third-order valence-corrected chi connectivity index (χ3v) is 3.52. The van der Waals surface area contributed by atoms with Gasteiger partial charge in [0.1, 0.15) is 5.75 Å². The zero-order chi connectivity index (χ0) is 13.4. The minimum Gasteiger partial charge on any atom is -0.495 e. The van der Waals surface area contributed by atoms with E-state index >= 15 is 0 Å². The average Bonchev–Trinajstić information content (AvgIpc) is 2.37. The summed E-state index contributed by atoms with van der Waals surface area (Å²) in [6.07, 6.45) is 4.50. The van der Waals surface area contributed by atoms with E-state index in [-0.39, 0.29) is 0 Å². The standard InChI is InChI=1S/C14H21Cl2NO/c1-3-17-8-6-4-5-7-11-9-13(16)14(18-2)10-12(11)15/h9-10,17H,3-8H2,1-2H3. The van der Waals surface area contributed by atoms with Crippen LogP contribution in [0.4, 0.5) is 0 Å². The molecule has 0 aromatic heterocycles. The van der Waals surface area contributed by atoms with Gasteiger partial charge < -0.3 is 10.1 Å². The summed E-state index contributed by atoms with van der Waals surface area (Å²) in [7, 11) is 1.60. The zero-order valence-electron chi connectivity index (χ0n) is 11.1. The number of rotatable bonds is 8. The molecule has 4 heteroatoms. The van der Waals surface area contributed by atoms with E-state index in [0.717, 1.165) is 36.5 Å². The van der Waals surface area contributed by atoms with Gasteiger partial charge in [-0.1, -0.05) is 36.5 Å². The minimum absolute atomic E-state index is 0.629. The molecule has 0 heterocycles. The molecule has 1 rings (SSSR count). The van der Waals surface area contributed by atoms with E-state index in [9.17, 15) is 0 Å². The maximum Gasteiger partial charge on any atom is 0.138 e. The molecular weight excluding hydrogens is 269 g/mol. The molecule has 0 aliphatic carbocycles. The first-order valence-corrected chi connectivity index (χ1v) is 7.17. The number of ether oxygens (including phenoxy) is 1. The highest BCUT2D eigenvalue weighted by molar-refractivity contribution is 6.34. The molecule has 18 heavy (non-hydrogen) atoms. The average molecular weight is 290 g/mol. The lowest BCUT2D eigenvalue weighted by molar-refractivity contribution is 0.415. The third-order valence-electron chi connectivity index (χ3n) is 2.87. The summed E-state index contributed by atoms with van der Waals surface area (Å²) in [5.41, 5.74) is 1.10. The Morgan fingerprint density at radius 2 is 1.89 bits per heavy atom. The van der Waals surface area contributed by atoms with Gasteiger partial charge >= 0.3 is 0 Å². The van der Waals surface area contributed by atoms with Crippen LogP contribution in [0.15, 0.2) is 12.1 Å². The highest BCUT2D eigenvalue weighted by Gasteiger charge is 2.07. The van der Waals surface area contributed by atoms with E-state index in [0.29, 0.717) is 10.8 Å². The fraction of sp³-hybridized carbons (Fsp3) is 0.571. The Hall–Kier alpha value is -0.440. The molecule has 102 valence electrons. The third kappa shape index (κ3) is 5.05. The van der Waals surface area contributed by atoms with Crippen LogP contribution >= 0.6 is 23.2 Å². The van der Waals surface area contributed by atoms with Crippen LogP contribution in [0.25, 0.3) is 0 Å². The highest BCUT2D eigenvalue weighted by Crippen LogP contribution is 2.31. The van der Waals surface area contributed by atoms with Gasteiger partial charge in [0.2, 0.25) is 0 Å². The van der Waals surface area contributed by atoms with Crippen molar-refractivity contribution in [3.05, 3.63) is 27.7 Å². The van der Waals surface area contributed by atoms with E-state index in [2.05, 4.69) is 12.2 Å². The van der Waals surface area contributed by atoms with Crippen LogP contribution in [-0.2, 0) is 6.42 Å². The monoisotopic (exact) mass is 289 g/mol. The van der Waals surface area contributed by atoms with Crippen molar-refractivity contribution < 1.29 is 4.74 Å². The lowest BCUT2D eigenvalue weighted by atomic mass is 10.1. The fourth-order valence-corrected chi connectivity index (χ4v) is 2.35. The van der Waals surface area contributed by atoms with Crippen LogP contribution < -0.4 is 10.1 Å². The number of benzene rings is 1. The Balaban J connectivity index is 2.40. The lowest BCUT2D eigenvalue weighted by Crippen LogP contribution is -2.13. The van der Waals surface area contributed by atoms with Crippen molar-refractivity contribution in [3.63, 3.8) is 0 Å². The Labute approximate surface area is 120 Å². The van der Waals surface area contributed by atoms with Crippen molar-refractivity contribution in [1.82, 2.24) is 5.32 Å². The Morgan fingerprint density at radius 3 is 2.56 bits per heavy atom. The number of methoxy groups -OCH3 is 1. The Morgan fingerprint density at radius 1 is 1.11 bits per heavy atom. The molecule has 0 saturated heterocycles. The first kappa shape index (κ1) is 15.6. The fourth-order valence-electron chi connectivity index (χ4n) is 1.84. The summed E-state index contributed by atoms with van der Waals surface area (Å²) in [5.74, 6) is 0.637. The van der Waals surface area contributed by atoms with Crippen LogP contribution in [0.5, 0.6) is 5.75 Å². The molecule has 0 bridgehead atoms. The number of hydrogen-bond donors (Lipinski definition) is 1.